The molecular weight excluding hydrogens is 964 g/mol. The molecule has 4 aromatic heterocycles. The number of aromatic amines is 2. The van der Waals surface area contributed by atoms with Crippen LogP contribution in [-0.4, -0.2) is 115 Å². The van der Waals surface area contributed by atoms with Gasteiger partial charge in [0.1, 0.15) is 29.3 Å². The number of carbonyl (C=O) groups excluding carboxylic acids is 3. The van der Waals surface area contributed by atoms with Crippen LogP contribution < -0.4 is 15.4 Å². The Balaban J connectivity index is 0.900. The molecule has 0 spiro atoms. The average Bonchev–Trinajstić information content (AvgIpc) is 4.13. The zero-order valence-corrected chi connectivity index (χ0v) is 44.2. The van der Waals surface area contributed by atoms with Gasteiger partial charge in [-0.05, 0) is 106 Å². The summed E-state index contributed by atoms with van der Waals surface area (Å²) in [5, 5.41) is 8.03. The molecule has 0 radical (unpaired) electrons. The molecule has 3 saturated heterocycles. The average molecular weight is 1030 g/mol. The van der Waals surface area contributed by atoms with Gasteiger partial charge in [-0.25, -0.2) is 24.1 Å². The number of carbonyl (C=O) groups is 3. The fraction of sp³-hybridized carbons (Fsp3) is 0.527. The molecule has 4 N–H and O–H groups in total. The Labute approximate surface area is 434 Å². The second-order valence-electron chi connectivity index (χ2n) is 22.2. The zero-order valence-electron chi connectivity index (χ0n) is 43.4. The molecule has 8 atom stereocenters. The lowest BCUT2D eigenvalue weighted by atomic mass is 9.82. The lowest BCUT2D eigenvalue weighted by molar-refractivity contribution is -0.141. The van der Waals surface area contributed by atoms with Gasteiger partial charge in [-0.15, -0.1) is 11.3 Å². The van der Waals surface area contributed by atoms with E-state index in [9.17, 15) is 14.4 Å². The number of nitrogens with zero attached hydrogens (tertiary/aromatic N) is 6. The Morgan fingerprint density at radius 1 is 0.932 bits per heavy atom. The molecule has 392 valence electrons. The first-order valence-corrected chi connectivity index (χ1v) is 26.9. The number of fused-ring (bicyclic) bond motifs is 6. The number of H-pyrrole nitrogens is 2. The number of piperidine rings is 1. The number of rotatable bonds is 15. The Kier molecular flexibility index (Phi) is 13.4. The number of benzene rings is 2. The normalized spacial score (nSPS) is 23.7. The zero-order chi connectivity index (χ0) is 51.7. The van der Waals surface area contributed by atoms with Gasteiger partial charge in [-0.2, -0.15) is 0 Å². The van der Waals surface area contributed by atoms with Gasteiger partial charge >= 0.3 is 6.09 Å². The molecule has 1 aliphatic carbocycles. The topological polar surface area (TPSA) is 194 Å². The number of imidazole rings is 2. The molecular formula is C55H67FN10O7S. The van der Waals surface area contributed by atoms with Crippen molar-refractivity contribution in [2.24, 2.45) is 23.7 Å². The largest absolute Gasteiger partial charge is 0.464 e. The number of likely N-dealkylation sites (tertiary alicyclic amines) is 2. The Morgan fingerprint density at radius 3 is 2.43 bits per heavy atom. The number of aromatic nitrogens is 6. The smallest absolute Gasteiger partial charge is 0.407 e. The highest BCUT2D eigenvalue weighted by Gasteiger charge is 2.57. The van der Waals surface area contributed by atoms with Crippen LogP contribution in [0.2, 0.25) is 0 Å². The summed E-state index contributed by atoms with van der Waals surface area (Å²) in [5.41, 5.74) is 4.43. The van der Waals surface area contributed by atoms with E-state index in [4.69, 9.17) is 33.9 Å². The number of thiazole rings is 1. The maximum absolute atomic E-state index is 17.0. The molecule has 5 aliphatic rings. The monoisotopic (exact) mass is 1030 g/mol. The molecule has 4 aliphatic heterocycles. The van der Waals surface area contributed by atoms with Gasteiger partial charge in [0.15, 0.2) is 0 Å². The van der Waals surface area contributed by atoms with Crippen molar-refractivity contribution in [3.63, 3.8) is 0 Å². The van der Waals surface area contributed by atoms with Crippen LogP contribution in [0.25, 0.3) is 44.7 Å². The van der Waals surface area contributed by atoms with Crippen LogP contribution in [0.1, 0.15) is 120 Å². The molecule has 19 heteroatoms. The number of alkyl carbamates (subject to hydrolysis) is 1. The van der Waals surface area contributed by atoms with E-state index >= 15 is 4.39 Å². The van der Waals surface area contributed by atoms with Crippen LogP contribution in [0.15, 0.2) is 55.0 Å². The van der Waals surface area contributed by atoms with E-state index in [1.807, 2.05) is 38.4 Å². The van der Waals surface area contributed by atoms with Crippen molar-refractivity contribution in [1.82, 2.24) is 49.9 Å². The van der Waals surface area contributed by atoms with Crippen LogP contribution in [0, 0.1) is 29.5 Å². The fourth-order valence-corrected chi connectivity index (χ4v) is 13.2. The molecule has 1 saturated carbocycles. The van der Waals surface area contributed by atoms with Crippen molar-refractivity contribution in [1.29, 1.82) is 0 Å². The Morgan fingerprint density at radius 2 is 1.70 bits per heavy atom. The molecule has 3 unspecified atom stereocenters. The standard InChI is InChI=1S/C55H67FN10O7S/c1-28(2)16-45-57-26-44(74-45)53-66-38-12-11-30(36-24-59-50(61-36)42-21-34-19-40(34)65(42)52(68)48(60-27-70-7)31-13-15-72-55(5,6)23-31)17-33(38)20-41(66)46-35(56)18-32(22-43(46)73-53)37-25-58-49(62-37)39-10-9-14-64(39)51(67)47(29(3)4)63-54(69)71-8/h11-12,17-18,20,22,24-26,28-29,31,34,39-40,42,47-48,53,60H,9-10,13-16,19,21,23,27H2,1-8H3,(H,58,62)(H,59,61)(H,63,69)/t31?,34-,39+,40-,42+,47+,48?,53?/m1/s1. The predicted molar refractivity (Wildman–Crippen MR) is 277 cm³/mol. The molecule has 8 heterocycles. The minimum atomic E-state index is -0.770. The first-order chi connectivity index (χ1) is 35.6. The van der Waals surface area contributed by atoms with Gasteiger partial charge in [0, 0.05) is 55.4 Å². The van der Waals surface area contributed by atoms with Gasteiger partial charge in [0.25, 0.3) is 0 Å². The lowest BCUT2D eigenvalue weighted by Gasteiger charge is -2.40. The highest BCUT2D eigenvalue weighted by molar-refractivity contribution is 7.11. The predicted octanol–water partition coefficient (Wildman–Crippen LogP) is 9.30. The minimum absolute atomic E-state index is 0.0953. The van der Waals surface area contributed by atoms with Crippen molar-refractivity contribution >= 4 is 40.1 Å². The van der Waals surface area contributed by atoms with Crippen LogP contribution in [0.4, 0.5) is 9.18 Å². The summed E-state index contributed by atoms with van der Waals surface area (Å²) in [6.45, 7) is 13.7. The number of hydrogen-bond acceptors (Lipinski definition) is 12. The van der Waals surface area contributed by atoms with Gasteiger partial charge in [-0.3, -0.25) is 19.5 Å². The lowest BCUT2D eigenvalue weighted by Crippen LogP contribution is -2.54. The maximum atomic E-state index is 17.0. The molecule has 11 rings (SSSR count). The summed E-state index contributed by atoms with van der Waals surface area (Å²) in [4.78, 5) is 67.0. The molecule has 74 heavy (non-hydrogen) atoms. The third-order valence-electron chi connectivity index (χ3n) is 15.7. The van der Waals surface area contributed by atoms with E-state index in [2.05, 4.69) is 76.0 Å². The summed E-state index contributed by atoms with van der Waals surface area (Å²) in [6.07, 6.45) is 9.78. The Bertz CT molecular complexity index is 3090. The Hall–Kier alpha value is -6.15. The van der Waals surface area contributed by atoms with Gasteiger partial charge < -0.3 is 44.0 Å². The number of methoxy groups -OCH3 is 2. The highest BCUT2D eigenvalue weighted by atomic mass is 32.1. The second kappa shape index (κ2) is 19.8. The third kappa shape index (κ3) is 9.38. The summed E-state index contributed by atoms with van der Waals surface area (Å²) in [5.74, 6) is 1.95. The molecule has 0 bridgehead atoms. The third-order valence-corrected chi connectivity index (χ3v) is 16.7. The van der Waals surface area contributed by atoms with Crippen molar-refractivity contribution in [3.05, 3.63) is 82.3 Å². The van der Waals surface area contributed by atoms with E-state index in [0.717, 1.165) is 76.4 Å². The van der Waals surface area contributed by atoms with E-state index in [1.54, 1.807) is 29.5 Å². The minimum Gasteiger partial charge on any atom is -0.464 e. The fourth-order valence-electron chi connectivity index (χ4n) is 12.0. The van der Waals surface area contributed by atoms with E-state index in [0.29, 0.717) is 65.5 Å². The SMILES string of the molecule is COCNC(C(=O)N1[C@@H]2C[C@@H]2C[C@H]1c1ncc(-c2ccc3c(c2)cc2n3C(c3cnc(CC(C)C)s3)Oc3cc(-c4cnc([C@@H]5CCCN5C(=O)[C@@H](NC(=O)OC)C(C)C)[nH]4)cc(F)c3-2)[nH]1)C1CCOC(C)(C)C1. The van der Waals surface area contributed by atoms with E-state index in [-0.39, 0.29) is 54.1 Å². The van der Waals surface area contributed by atoms with E-state index < -0.39 is 30.2 Å². The first-order valence-electron chi connectivity index (χ1n) is 26.1. The number of halogens is 1. The van der Waals surface area contributed by atoms with Crippen molar-refractivity contribution in [3.8, 4) is 39.5 Å². The number of ether oxygens (including phenoxy) is 4. The summed E-state index contributed by atoms with van der Waals surface area (Å²) in [7, 11) is 2.91. The molecule has 17 nitrogen and oxygen atoms in total. The van der Waals surface area contributed by atoms with Crippen LogP contribution in [-0.2, 0) is 30.2 Å². The van der Waals surface area contributed by atoms with E-state index in [1.165, 1.54) is 13.2 Å². The molecule has 2 aromatic carbocycles. The quantitative estimate of drug-likeness (QED) is 0.0717. The molecule has 3 amide bonds. The van der Waals surface area contributed by atoms with Crippen LogP contribution in [0.3, 0.4) is 0 Å². The number of amides is 3. The summed E-state index contributed by atoms with van der Waals surface area (Å²) >= 11 is 1.60. The van der Waals surface area contributed by atoms with Gasteiger partial charge in [0.2, 0.25) is 18.0 Å². The molecule has 6 aromatic rings. The van der Waals surface area contributed by atoms with Crippen molar-refractivity contribution < 1.29 is 37.7 Å². The first kappa shape index (κ1) is 50.0. The highest BCUT2D eigenvalue weighted by Crippen LogP contribution is 2.54. The maximum Gasteiger partial charge on any atom is 0.407 e. The van der Waals surface area contributed by atoms with Gasteiger partial charge in [-0.1, -0.05) is 33.8 Å². The number of hydrogen-bond donors (Lipinski definition) is 4. The second-order valence-corrected chi connectivity index (χ2v) is 23.3. The number of nitrogens with one attached hydrogen (secondary N) is 4. The van der Waals surface area contributed by atoms with Crippen molar-refractivity contribution in [2.75, 3.05) is 34.1 Å². The molecule has 4 fully saturated rings. The van der Waals surface area contributed by atoms with Gasteiger partial charge in [0.05, 0.1) is 88.0 Å². The van der Waals surface area contributed by atoms with Crippen LogP contribution >= 0.6 is 11.3 Å². The summed E-state index contributed by atoms with van der Waals surface area (Å²) in [6, 6.07) is 10.1. The van der Waals surface area contributed by atoms with Crippen LogP contribution in [0.5, 0.6) is 5.75 Å². The summed E-state index contributed by atoms with van der Waals surface area (Å²) < 4.78 is 42.3. The van der Waals surface area contributed by atoms with Crippen molar-refractivity contribution in [2.45, 2.75) is 129 Å².